The smallest absolute Gasteiger partial charge is 0.400 e. The highest BCUT2D eigenvalue weighted by Gasteiger charge is 2.19. The van der Waals surface area contributed by atoms with Gasteiger partial charge in [0, 0.05) is 26.2 Å². The van der Waals surface area contributed by atoms with Crippen molar-refractivity contribution in [2.75, 3.05) is 39.3 Å². The van der Waals surface area contributed by atoms with Crippen LogP contribution in [-0.2, 0) is 4.79 Å². The van der Waals surface area contributed by atoms with E-state index in [1.165, 1.54) is 36.8 Å². The Morgan fingerprint density at radius 1 is 1.27 bits per heavy atom. The van der Waals surface area contributed by atoms with E-state index in [4.69, 9.17) is 4.42 Å². The lowest BCUT2D eigenvalue weighted by Crippen LogP contribution is -2.49. The minimum atomic E-state index is -0.624. The van der Waals surface area contributed by atoms with Crippen molar-refractivity contribution < 1.29 is 14.1 Å². The Morgan fingerprint density at radius 2 is 1.97 bits per heavy atom. The molecule has 1 aromatic heterocycles. The number of hydrazone groups is 1. The topological polar surface area (TPSA) is 104 Å². The number of hydrogen-bond acceptors (Lipinski definition) is 7. The van der Waals surface area contributed by atoms with Crippen LogP contribution in [0.3, 0.4) is 0 Å². The van der Waals surface area contributed by atoms with Crippen LogP contribution < -0.4 is 5.43 Å². The van der Waals surface area contributed by atoms with Gasteiger partial charge in [0.05, 0.1) is 18.8 Å². The molecule has 1 atom stereocenters. The van der Waals surface area contributed by atoms with Gasteiger partial charge >= 0.3 is 5.88 Å². The fourth-order valence-corrected chi connectivity index (χ4v) is 3.29. The van der Waals surface area contributed by atoms with Gasteiger partial charge in [-0.15, -0.1) is 0 Å². The number of carbonyl (C=O) groups is 1. The zero-order valence-corrected chi connectivity index (χ0v) is 18.2. The molecule has 2 heterocycles. The number of carbonyl (C=O) groups excluding carboxylic acids is 1. The molecule has 1 fully saturated rings. The molecule has 9 nitrogen and oxygen atoms in total. The number of rotatable bonds is 11. The molecule has 1 aromatic rings. The van der Waals surface area contributed by atoms with Gasteiger partial charge in [-0.2, -0.15) is 5.10 Å². The second kappa shape index (κ2) is 12.2. The summed E-state index contributed by atoms with van der Waals surface area (Å²) in [5.41, 5.74) is 3.82. The van der Waals surface area contributed by atoms with Gasteiger partial charge in [0.1, 0.15) is 4.92 Å². The highest BCUT2D eigenvalue weighted by molar-refractivity contribution is 5.81. The second-order valence-electron chi connectivity index (χ2n) is 8.10. The summed E-state index contributed by atoms with van der Waals surface area (Å²) in [6, 6.07) is 2.67. The van der Waals surface area contributed by atoms with E-state index in [2.05, 4.69) is 47.2 Å². The number of amides is 1. The lowest BCUT2D eigenvalue weighted by atomic mass is 10.0. The first-order chi connectivity index (χ1) is 14.3. The molecule has 1 saturated heterocycles. The van der Waals surface area contributed by atoms with Crippen LogP contribution in [0.15, 0.2) is 33.3 Å². The van der Waals surface area contributed by atoms with Crippen LogP contribution in [-0.4, -0.2) is 66.1 Å². The quantitative estimate of drug-likeness (QED) is 0.256. The Hall–Kier alpha value is -2.52. The fourth-order valence-electron chi connectivity index (χ4n) is 3.29. The van der Waals surface area contributed by atoms with Gasteiger partial charge in [-0.25, -0.2) is 5.43 Å². The van der Waals surface area contributed by atoms with Crippen LogP contribution in [0.25, 0.3) is 0 Å². The van der Waals surface area contributed by atoms with Crippen LogP contribution in [0.1, 0.15) is 45.8 Å². The monoisotopic (exact) mass is 419 g/mol. The number of allylic oxidation sites excluding steroid dienone is 2. The average molecular weight is 420 g/mol. The second-order valence-corrected chi connectivity index (χ2v) is 8.10. The molecule has 1 aliphatic heterocycles. The fraction of sp³-hybridized carbons (Fsp3) is 0.619. The number of nitrogens with one attached hydrogen (secondary N) is 1. The molecule has 0 aliphatic carbocycles. The van der Waals surface area contributed by atoms with E-state index >= 15 is 0 Å². The maximum absolute atomic E-state index is 12.0. The van der Waals surface area contributed by atoms with Crippen LogP contribution in [0.5, 0.6) is 0 Å². The molecule has 1 N–H and O–H groups in total. The Balaban J connectivity index is 1.60. The first kappa shape index (κ1) is 23.8. The summed E-state index contributed by atoms with van der Waals surface area (Å²) >= 11 is 0. The summed E-state index contributed by atoms with van der Waals surface area (Å²) in [5, 5.41) is 14.4. The molecule has 30 heavy (non-hydrogen) atoms. The molecule has 0 aromatic carbocycles. The maximum Gasteiger partial charge on any atom is 0.433 e. The zero-order chi connectivity index (χ0) is 21.9. The van der Waals surface area contributed by atoms with Crippen LogP contribution in [0, 0.1) is 16.0 Å². The van der Waals surface area contributed by atoms with Crippen molar-refractivity contribution in [1.29, 1.82) is 0 Å². The number of nitrogens with zero attached hydrogens (tertiary/aromatic N) is 4. The minimum absolute atomic E-state index is 0.214. The molecule has 2 rings (SSSR count). The SMILES string of the molecule is CC(C)=CCCC(C)CCN1CCN(CC(=O)N/N=C\c2ccc([N+](=O)[O-])o2)CC1. The summed E-state index contributed by atoms with van der Waals surface area (Å²) in [4.78, 5) is 26.6. The predicted molar refractivity (Wildman–Crippen MR) is 116 cm³/mol. The van der Waals surface area contributed by atoms with E-state index in [1.807, 2.05) is 0 Å². The summed E-state index contributed by atoms with van der Waals surface area (Å²) in [6.07, 6.45) is 7.16. The standard InChI is InChI=1S/C21H33N5O4/c1-17(2)5-4-6-18(3)9-10-24-11-13-25(14-12-24)16-20(27)23-22-15-19-7-8-21(30-19)26(28)29/h5,7-8,15,18H,4,6,9-14,16H2,1-3H3,(H,23,27)/b22-15-. The first-order valence-electron chi connectivity index (χ1n) is 10.5. The lowest BCUT2D eigenvalue weighted by molar-refractivity contribution is -0.402. The largest absolute Gasteiger partial charge is 0.433 e. The van der Waals surface area contributed by atoms with Gasteiger partial charge in [0.15, 0.2) is 5.76 Å². The minimum Gasteiger partial charge on any atom is -0.400 e. The molecule has 0 bridgehead atoms. The number of piperazine rings is 1. The summed E-state index contributed by atoms with van der Waals surface area (Å²) in [5.74, 6) is 0.361. The third-order valence-corrected chi connectivity index (χ3v) is 5.16. The van der Waals surface area contributed by atoms with Crippen molar-refractivity contribution in [2.45, 2.75) is 40.0 Å². The van der Waals surface area contributed by atoms with E-state index in [0.29, 0.717) is 0 Å². The van der Waals surface area contributed by atoms with Gasteiger partial charge < -0.3 is 9.32 Å². The molecule has 1 aliphatic rings. The van der Waals surface area contributed by atoms with Crippen LogP contribution >= 0.6 is 0 Å². The van der Waals surface area contributed by atoms with E-state index in [-0.39, 0.29) is 24.1 Å². The number of furan rings is 1. The van der Waals surface area contributed by atoms with Crippen molar-refractivity contribution in [2.24, 2.45) is 11.0 Å². The predicted octanol–water partition coefficient (Wildman–Crippen LogP) is 3.03. The third kappa shape index (κ3) is 8.87. The molecule has 0 spiro atoms. The molecule has 9 heteroatoms. The van der Waals surface area contributed by atoms with Crippen molar-refractivity contribution >= 4 is 18.0 Å². The summed E-state index contributed by atoms with van der Waals surface area (Å²) in [6.45, 7) is 11.6. The molecule has 0 radical (unpaired) electrons. The van der Waals surface area contributed by atoms with E-state index < -0.39 is 4.92 Å². The van der Waals surface area contributed by atoms with Gasteiger partial charge in [-0.3, -0.25) is 19.8 Å². The number of nitro groups is 1. The Kier molecular flexibility index (Phi) is 9.69. The Morgan fingerprint density at radius 3 is 2.60 bits per heavy atom. The van der Waals surface area contributed by atoms with E-state index in [0.717, 1.165) is 45.1 Å². The Bertz CT molecular complexity index is 746. The normalized spacial score (nSPS) is 16.5. The van der Waals surface area contributed by atoms with E-state index in [1.54, 1.807) is 0 Å². The van der Waals surface area contributed by atoms with Gasteiger partial charge in [-0.05, 0) is 51.6 Å². The van der Waals surface area contributed by atoms with Crippen molar-refractivity contribution in [3.05, 3.63) is 39.7 Å². The zero-order valence-electron chi connectivity index (χ0n) is 18.2. The molecular formula is C21H33N5O4. The van der Waals surface area contributed by atoms with Gasteiger partial charge in [0.25, 0.3) is 5.91 Å². The molecular weight excluding hydrogens is 386 g/mol. The number of hydrogen-bond donors (Lipinski definition) is 1. The van der Waals surface area contributed by atoms with E-state index in [9.17, 15) is 14.9 Å². The van der Waals surface area contributed by atoms with Crippen LogP contribution in [0.2, 0.25) is 0 Å². The summed E-state index contributed by atoms with van der Waals surface area (Å²) < 4.78 is 4.94. The van der Waals surface area contributed by atoms with Gasteiger partial charge in [-0.1, -0.05) is 18.6 Å². The highest BCUT2D eigenvalue weighted by atomic mass is 16.6. The molecule has 0 saturated carbocycles. The lowest BCUT2D eigenvalue weighted by Gasteiger charge is -2.34. The Labute approximate surface area is 177 Å². The average Bonchev–Trinajstić information content (AvgIpc) is 3.16. The molecule has 1 amide bonds. The summed E-state index contributed by atoms with van der Waals surface area (Å²) in [7, 11) is 0. The van der Waals surface area contributed by atoms with Gasteiger partial charge in [0.2, 0.25) is 0 Å². The highest BCUT2D eigenvalue weighted by Crippen LogP contribution is 2.14. The van der Waals surface area contributed by atoms with Crippen molar-refractivity contribution in [1.82, 2.24) is 15.2 Å². The van der Waals surface area contributed by atoms with Crippen molar-refractivity contribution in [3.8, 4) is 0 Å². The molecule has 1 unspecified atom stereocenters. The van der Waals surface area contributed by atoms with Crippen molar-refractivity contribution in [3.63, 3.8) is 0 Å². The van der Waals surface area contributed by atoms with Crippen LogP contribution in [0.4, 0.5) is 5.88 Å². The maximum atomic E-state index is 12.0. The first-order valence-corrected chi connectivity index (χ1v) is 10.5. The molecule has 166 valence electrons. The third-order valence-electron chi connectivity index (χ3n) is 5.16.